The first kappa shape index (κ1) is 18.1. The van der Waals surface area contributed by atoms with Gasteiger partial charge in [0, 0.05) is 5.56 Å². The van der Waals surface area contributed by atoms with E-state index in [0.29, 0.717) is 5.56 Å². The molecule has 0 radical (unpaired) electrons. The number of rotatable bonds is 8. The second-order valence-electron chi connectivity index (χ2n) is 6.45. The molecule has 0 unspecified atom stereocenters. The second kappa shape index (κ2) is 8.63. The number of hydrogen-bond acceptors (Lipinski definition) is 2. The van der Waals surface area contributed by atoms with E-state index < -0.39 is 8.32 Å². The van der Waals surface area contributed by atoms with Crippen molar-refractivity contribution in [2.45, 2.75) is 25.8 Å². The summed E-state index contributed by atoms with van der Waals surface area (Å²) in [7, 11) is -2.43. The average molecular weight is 361 g/mol. The zero-order valence-corrected chi connectivity index (χ0v) is 16.1. The van der Waals surface area contributed by atoms with Crippen LogP contribution < -0.4 is 14.8 Å². The molecule has 3 rings (SSSR count). The van der Waals surface area contributed by atoms with Gasteiger partial charge in [-0.15, -0.1) is 0 Å². The predicted molar refractivity (Wildman–Crippen MR) is 110 cm³/mol. The number of aldehydes is 1. The molecule has 0 fully saturated rings. The monoisotopic (exact) mass is 360 g/mol. The Labute approximate surface area is 156 Å². The normalized spacial score (nSPS) is 11.1. The van der Waals surface area contributed by atoms with E-state index in [0.717, 1.165) is 30.9 Å². The molecule has 132 valence electrons. The summed E-state index contributed by atoms with van der Waals surface area (Å²) in [6.45, 7) is 2.22. The van der Waals surface area contributed by atoms with Crippen LogP contribution in [0.15, 0.2) is 84.9 Å². The highest BCUT2D eigenvalue weighted by Crippen LogP contribution is 2.22. The molecular weight excluding hydrogens is 336 g/mol. The van der Waals surface area contributed by atoms with Crippen LogP contribution in [0.1, 0.15) is 30.1 Å². The molecule has 0 bridgehead atoms. The molecule has 0 saturated carbocycles. The Hall–Kier alpha value is -2.65. The topological polar surface area (TPSA) is 26.3 Å². The first-order valence-electron chi connectivity index (χ1n) is 9.14. The van der Waals surface area contributed by atoms with Crippen LogP contribution in [0, 0.1) is 0 Å². The maximum atomic E-state index is 11.0. The van der Waals surface area contributed by atoms with Gasteiger partial charge in [-0.3, -0.25) is 4.79 Å². The van der Waals surface area contributed by atoms with E-state index in [-0.39, 0.29) is 0 Å². The fourth-order valence-corrected chi connectivity index (χ4v) is 7.38. The molecule has 2 nitrogen and oxygen atoms in total. The number of benzene rings is 3. The first-order chi connectivity index (χ1) is 12.8. The van der Waals surface area contributed by atoms with Crippen LogP contribution in [-0.4, -0.2) is 14.6 Å². The SMILES string of the molecule is CCCC[Si](Oc1ccc(C=O)cc1)(c1ccccc1)c1ccccc1. The fourth-order valence-electron chi connectivity index (χ4n) is 3.28. The summed E-state index contributed by atoms with van der Waals surface area (Å²) >= 11 is 0. The van der Waals surface area contributed by atoms with E-state index in [9.17, 15) is 4.79 Å². The third-order valence-electron chi connectivity index (χ3n) is 4.67. The van der Waals surface area contributed by atoms with E-state index in [1.165, 1.54) is 10.4 Å². The van der Waals surface area contributed by atoms with Crippen molar-refractivity contribution in [1.29, 1.82) is 0 Å². The molecule has 0 aliphatic carbocycles. The third-order valence-corrected chi connectivity index (χ3v) is 8.84. The lowest BCUT2D eigenvalue weighted by Gasteiger charge is -2.33. The number of hydrogen-bond donors (Lipinski definition) is 0. The zero-order chi connectivity index (χ0) is 18.2. The highest BCUT2D eigenvalue weighted by Gasteiger charge is 2.40. The Bertz CT molecular complexity index is 774. The molecule has 0 amide bonds. The third kappa shape index (κ3) is 3.94. The Balaban J connectivity index is 2.10. The molecule has 0 N–H and O–H groups in total. The van der Waals surface area contributed by atoms with Crippen molar-refractivity contribution in [2.24, 2.45) is 0 Å². The number of carbonyl (C=O) groups is 1. The zero-order valence-electron chi connectivity index (χ0n) is 15.1. The molecule has 3 heteroatoms. The van der Waals surface area contributed by atoms with Crippen LogP contribution in [0.2, 0.25) is 6.04 Å². The van der Waals surface area contributed by atoms with E-state index >= 15 is 0 Å². The molecule has 0 atom stereocenters. The van der Waals surface area contributed by atoms with Crippen LogP contribution in [-0.2, 0) is 0 Å². The Morgan fingerprint density at radius 3 is 1.81 bits per heavy atom. The van der Waals surface area contributed by atoms with Gasteiger partial charge in [0.05, 0.1) is 0 Å². The fraction of sp³-hybridized carbons (Fsp3) is 0.174. The smallest absolute Gasteiger partial charge is 0.314 e. The van der Waals surface area contributed by atoms with Crippen molar-refractivity contribution < 1.29 is 9.22 Å². The molecule has 0 heterocycles. The Kier molecular flexibility index (Phi) is 6.02. The van der Waals surface area contributed by atoms with E-state index in [4.69, 9.17) is 4.43 Å². The van der Waals surface area contributed by atoms with Gasteiger partial charge in [0.15, 0.2) is 0 Å². The van der Waals surface area contributed by atoms with Crippen molar-refractivity contribution in [2.75, 3.05) is 0 Å². The van der Waals surface area contributed by atoms with Crippen molar-refractivity contribution in [3.8, 4) is 5.75 Å². The minimum atomic E-state index is -2.43. The van der Waals surface area contributed by atoms with Crippen LogP contribution in [0.5, 0.6) is 5.75 Å². The lowest BCUT2D eigenvalue weighted by molar-refractivity contribution is 0.112. The van der Waals surface area contributed by atoms with Crippen molar-refractivity contribution in [3.63, 3.8) is 0 Å². The van der Waals surface area contributed by atoms with E-state index in [2.05, 4.69) is 55.5 Å². The number of carbonyl (C=O) groups excluding carboxylic acids is 1. The lowest BCUT2D eigenvalue weighted by Crippen LogP contribution is -2.63. The molecule has 3 aromatic rings. The van der Waals surface area contributed by atoms with Gasteiger partial charge in [-0.2, -0.15) is 0 Å². The Morgan fingerprint density at radius 2 is 1.35 bits per heavy atom. The van der Waals surface area contributed by atoms with Crippen molar-refractivity contribution in [3.05, 3.63) is 90.5 Å². The maximum absolute atomic E-state index is 11.0. The van der Waals surface area contributed by atoms with Gasteiger partial charge in [-0.25, -0.2) is 0 Å². The summed E-state index contributed by atoms with van der Waals surface area (Å²) in [4.78, 5) is 11.0. The van der Waals surface area contributed by atoms with Crippen LogP contribution >= 0.6 is 0 Å². The molecule has 3 aromatic carbocycles. The van der Waals surface area contributed by atoms with Gasteiger partial charge in [0.2, 0.25) is 0 Å². The van der Waals surface area contributed by atoms with Crippen LogP contribution in [0.4, 0.5) is 0 Å². The summed E-state index contributed by atoms with van der Waals surface area (Å²) < 4.78 is 6.80. The molecule has 0 aromatic heterocycles. The minimum Gasteiger partial charge on any atom is -0.535 e. The minimum absolute atomic E-state index is 0.664. The van der Waals surface area contributed by atoms with E-state index in [1.54, 1.807) is 0 Å². The summed E-state index contributed by atoms with van der Waals surface area (Å²) in [5, 5.41) is 2.55. The predicted octanol–water partition coefficient (Wildman–Crippen LogP) is 4.44. The average Bonchev–Trinajstić information content (AvgIpc) is 2.73. The van der Waals surface area contributed by atoms with Gasteiger partial charge in [-0.1, -0.05) is 80.4 Å². The summed E-state index contributed by atoms with van der Waals surface area (Å²) in [5.74, 6) is 0.825. The standard InChI is InChI=1S/C23H24O2Si/c1-2-3-18-26(22-10-6-4-7-11-22,23-12-8-5-9-13-23)25-21-16-14-20(19-24)15-17-21/h4-17,19H,2-3,18H2,1H3. The van der Waals surface area contributed by atoms with Gasteiger partial charge in [0.25, 0.3) is 0 Å². The van der Waals surface area contributed by atoms with Gasteiger partial charge < -0.3 is 4.43 Å². The molecule has 0 saturated heterocycles. The molecule has 0 spiro atoms. The van der Waals surface area contributed by atoms with Crippen LogP contribution in [0.25, 0.3) is 0 Å². The highest BCUT2D eigenvalue weighted by molar-refractivity contribution is 6.98. The van der Waals surface area contributed by atoms with Gasteiger partial charge >= 0.3 is 8.32 Å². The summed E-state index contributed by atoms with van der Waals surface area (Å²) in [5.41, 5.74) is 0.664. The summed E-state index contributed by atoms with van der Waals surface area (Å²) in [6, 6.07) is 29.7. The molecule has 0 aliphatic heterocycles. The lowest BCUT2D eigenvalue weighted by atomic mass is 10.2. The van der Waals surface area contributed by atoms with Crippen molar-refractivity contribution >= 4 is 25.0 Å². The van der Waals surface area contributed by atoms with Crippen LogP contribution in [0.3, 0.4) is 0 Å². The molecular formula is C23H24O2Si. The van der Waals surface area contributed by atoms with E-state index in [1.807, 2.05) is 36.4 Å². The van der Waals surface area contributed by atoms with Gasteiger partial charge in [0.1, 0.15) is 12.0 Å². The quantitative estimate of drug-likeness (QED) is 0.438. The van der Waals surface area contributed by atoms with Crippen molar-refractivity contribution in [1.82, 2.24) is 0 Å². The second-order valence-corrected chi connectivity index (χ2v) is 9.96. The largest absolute Gasteiger partial charge is 0.535 e. The maximum Gasteiger partial charge on any atom is 0.314 e. The highest BCUT2D eigenvalue weighted by atomic mass is 28.4. The number of unbranched alkanes of at least 4 members (excludes halogenated alkanes) is 1. The molecule has 26 heavy (non-hydrogen) atoms. The van der Waals surface area contributed by atoms with Gasteiger partial charge in [-0.05, 0) is 40.7 Å². The molecule has 0 aliphatic rings. The Morgan fingerprint density at radius 1 is 0.808 bits per heavy atom. The first-order valence-corrected chi connectivity index (χ1v) is 11.3. The summed E-state index contributed by atoms with van der Waals surface area (Å²) in [6.07, 6.45) is 3.10.